The van der Waals surface area contributed by atoms with E-state index in [1.807, 2.05) is 23.1 Å². The summed E-state index contributed by atoms with van der Waals surface area (Å²) in [6.45, 7) is 3.01. The Kier molecular flexibility index (Phi) is 2.36. The van der Waals surface area contributed by atoms with Gasteiger partial charge in [0, 0.05) is 18.8 Å². The summed E-state index contributed by atoms with van der Waals surface area (Å²) in [6.07, 6.45) is 0. The maximum Gasteiger partial charge on any atom is 0.320 e. The van der Waals surface area contributed by atoms with Crippen LogP contribution < -0.4 is 5.73 Å². The van der Waals surface area contributed by atoms with E-state index in [4.69, 9.17) is 10.8 Å². The largest absolute Gasteiger partial charge is 0.480 e. The first kappa shape index (κ1) is 9.98. The molecule has 0 radical (unpaired) electrons. The van der Waals surface area contributed by atoms with Crippen molar-refractivity contribution in [1.82, 2.24) is 4.90 Å². The van der Waals surface area contributed by atoms with Gasteiger partial charge in [0.15, 0.2) is 0 Å². The van der Waals surface area contributed by atoms with Crippen molar-refractivity contribution in [1.29, 1.82) is 0 Å². The number of nitrogen functional groups attached to an aromatic ring is 1. The van der Waals surface area contributed by atoms with E-state index in [0.29, 0.717) is 13.1 Å². The predicted molar refractivity (Wildman–Crippen MR) is 57.2 cm³/mol. The second kappa shape index (κ2) is 3.55. The molecule has 0 aromatic heterocycles. The molecule has 4 heteroatoms. The van der Waals surface area contributed by atoms with Gasteiger partial charge in [0.25, 0.3) is 0 Å². The van der Waals surface area contributed by atoms with Gasteiger partial charge in [-0.25, -0.2) is 0 Å². The maximum atomic E-state index is 10.8. The molecule has 3 N–H and O–H groups in total. The average Bonchev–Trinajstić information content (AvgIpc) is 2.61. The summed E-state index contributed by atoms with van der Waals surface area (Å²) >= 11 is 0. The van der Waals surface area contributed by atoms with E-state index in [9.17, 15) is 4.79 Å². The Labute approximate surface area is 88.3 Å². The number of carbonyl (C=O) groups is 1. The van der Waals surface area contributed by atoms with Gasteiger partial charge in [0.05, 0.1) is 0 Å². The minimum Gasteiger partial charge on any atom is -0.480 e. The molecule has 0 bridgehead atoms. The van der Waals surface area contributed by atoms with Crippen molar-refractivity contribution >= 4 is 11.7 Å². The van der Waals surface area contributed by atoms with Gasteiger partial charge in [-0.3, -0.25) is 9.69 Å². The standard InChI is InChI=1S/C11H14N2O2/c1-7(11(14)15)13-5-8-3-2-4-10(12)9(8)6-13/h2-4,7H,5-6,12H2,1H3,(H,14,15). The van der Waals surface area contributed by atoms with Gasteiger partial charge in [-0.05, 0) is 24.1 Å². The Hall–Kier alpha value is -1.55. The van der Waals surface area contributed by atoms with Crippen LogP contribution in [0.25, 0.3) is 0 Å². The van der Waals surface area contributed by atoms with Crippen LogP contribution >= 0.6 is 0 Å². The summed E-state index contributed by atoms with van der Waals surface area (Å²) in [5, 5.41) is 8.92. The first-order chi connectivity index (χ1) is 7.09. The Morgan fingerprint density at radius 1 is 1.53 bits per heavy atom. The van der Waals surface area contributed by atoms with Crippen LogP contribution in [-0.2, 0) is 17.9 Å². The zero-order valence-corrected chi connectivity index (χ0v) is 8.60. The summed E-state index contributed by atoms with van der Waals surface area (Å²) in [5.41, 5.74) is 8.81. The second-order valence-corrected chi connectivity index (χ2v) is 3.90. The number of nitrogens with two attached hydrogens (primary N) is 1. The van der Waals surface area contributed by atoms with Gasteiger partial charge in [0.2, 0.25) is 0 Å². The number of rotatable bonds is 2. The number of carboxylic acids is 1. The van der Waals surface area contributed by atoms with Crippen molar-refractivity contribution in [2.24, 2.45) is 0 Å². The fourth-order valence-corrected chi connectivity index (χ4v) is 1.90. The molecule has 1 aromatic carbocycles. The quantitative estimate of drug-likeness (QED) is 0.710. The fourth-order valence-electron chi connectivity index (χ4n) is 1.90. The molecule has 0 aliphatic carbocycles. The third-order valence-corrected chi connectivity index (χ3v) is 2.95. The molecule has 1 aliphatic heterocycles. The topological polar surface area (TPSA) is 66.6 Å². The van der Waals surface area contributed by atoms with Crippen LogP contribution in [0.1, 0.15) is 18.1 Å². The van der Waals surface area contributed by atoms with Gasteiger partial charge in [-0.15, -0.1) is 0 Å². The van der Waals surface area contributed by atoms with Crippen molar-refractivity contribution in [2.75, 3.05) is 5.73 Å². The molecule has 0 fully saturated rings. The molecule has 1 atom stereocenters. The lowest BCUT2D eigenvalue weighted by Crippen LogP contribution is -2.34. The first-order valence-corrected chi connectivity index (χ1v) is 4.92. The number of aliphatic carboxylic acids is 1. The minimum atomic E-state index is -0.790. The Morgan fingerprint density at radius 2 is 2.27 bits per heavy atom. The number of anilines is 1. The van der Waals surface area contributed by atoms with Crippen LogP contribution in [0.4, 0.5) is 5.69 Å². The Bertz CT molecular complexity index is 404. The molecule has 80 valence electrons. The molecule has 4 nitrogen and oxygen atoms in total. The van der Waals surface area contributed by atoms with E-state index < -0.39 is 12.0 Å². The molecule has 1 heterocycles. The molecule has 15 heavy (non-hydrogen) atoms. The minimum absolute atomic E-state index is 0.461. The summed E-state index contributed by atoms with van der Waals surface area (Å²) in [5.74, 6) is -0.790. The molecular weight excluding hydrogens is 192 g/mol. The number of hydrogen-bond acceptors (Lipinski definition) is 3. The normalized spacial score (nSPS) is 17.4. The molecule has 0 amide bonds. The van der Waals surface area contributed by atoms with Crippen LogP contribution in [0.2, 0.25) is 0 Å². The van der Waals surface area contributed by atoms with E-state index in [1.54, 1.807) is 6.92 Å². The van der Waals surface area contributed by atoms with E-state index in [1.165, 1.54) is 0 Å². The number of carboxylic acid groups (broad SMARTS) is 1. The fraction of sp³-hybridized carbons (Fsp3) is 0.364. The highest BCUT2D eigenvalue weighted by molar-refractivity contribution is 5.73. The zero-order chi connectivity index (χ0) is 11.0. The van der Waals surface area contributed by atoms with Crippen molar-refractivity contribution in [3.63, 3.8) is 0 Å². The van der Waals surface area contributed by atoms with Crippen LogP contribution in [0.3, 0.4) is 0 Å². The number of fused-ring (bicyclic) bond motifs is 1. The van der Waals surface area contributed by atoms with Crippen LogP contribution in [0.15, 0.2) is 18.2 Å². The van der Waals surface area contributed by atoms with Gasteiger partial charge < -0.3 is 10.8 Å². The van der Waals surface area contributed by atoms with Crippen LogP contribution in [-0.4, -0.2) is 22.0 Å². The molecule has 1 unspecified atom stereocenters. The van der Waals surface area contributed by atoms with Gasteiger partial charge in [-0.2, -0.15) is 0 Å². The second-order valence-electron chi connectivity index (χ2n) is 3.90. The zero-order valence-electron chi connectivity index (χ0n) is 8.60. The lowest BCUT2D eigenvalue weighted by molar-refractivity contribution is -0.142. The SMILES string of the molecule is CC(C(=O)O)N1Cc2cccc(N)c2C1. The summed E-state index contributed by atoms with van der Waals surface area (Å²) in [7, 11) is 0. The van der Waals surface area contributed by atoms with Gasteiger partial charge in [-0.1, -0.05) is 12.1 Å². The first-order valence-electron chi connectivity index (χ1n) is 4.92. The third kappa shape index (κ3) is 1.68. The predicted octanol–water partition coefficient (Wildman–Crippen LogP) is 1.06. The number of hydrogen-bond donors (Lipinski definition) is 2. The average molecular weight is 206 g/mol. The molecular formula is C11H14N2O2. The van der Waals surface area contributed by atoms with E-state index in [2.05, 4.69) is 0 Å². The van der Waals surface area contributed by atoms with Crippen molar-refractivity contribution < 1.29 is 9.90 Å². The molecule has 0 saturated heterocycles. The highest BCUT2D eigenvalue weighted by Crippen LogP contribution is 2.28. The maximum absolute atomic E-state index is 10.8. The lowest BCUT2D eigenvalue weighted by Gasteiger charge is -2.19. The third-order valence-electron chi connectivity index (χ3n) is 2.95. The van der Waals surface area contributed by atoms with E-state index in [-0.39, 0.29) is 0 Å². The van der Waals surface area contributed by atoms with Crippen LogP contribution in [0, 0.1) is 0 Å². The smallest absolute Gasteiger partial charge is 0.320 e. The highest BCUT2D eigenvalue weighted by Gasteiger charge is 2.27. The summed E-state index contributed by atoms with van der Waals surface area (Å²) < 4.78 is 0. The van der Waals surface area contributed by atoms with Crippen molar-refractivity contribution in [3.05, 3.63) is 29.3 Å². The summed E-state index contributed by atoms with van der Waals surface area (Å²) in [6, 6.07) is 5.30. The molecule has 2 rings (SSSR count). The van der Waals surface area contributed by atoms with Crippen molar-refractivity contribution in [3.8, 4) is 0 Å². The molecule has 1 aliphatic rings. The number of benzene rings is 1. The lowest BCUT2D eigenvalue weighted by atomic mass is 10.1. The van der Waals surface area contributed by atoms with Gasteiger partial charge in [0.1, 0.15) is 6.04 Å². The summed E-state index contributed by atoms with van der Waals surface area (Å²) in [4.78, 5) is 12.8. The monoisotopic (exact) mass is 206 g/mol. The van der Waals surface area contributed by atoms with Crippen molar-refractivity contribution in [2.45, 2.75) is 26.1 Å². The van der Waals surface area contributed by atoms with Gasteiger partial charge >= 0.3 is 5.97 Å². The Balaban J connectivity index is 2.23. The Morgan fingerprint density at radius 3 is 2.87 bits per heavy atom. The van der Waals surface area contributed by atoms with E-state index >= 15 is 0 Å². The van der Waals surface area contributed by atoms with Crippen LogP contribution in [0.5, 0.6) is 0 Å². The molecule has 1 aromatic rings. The number of nitrogens with zero attached hydrogens (tertiary/aromatic N) is 1. The molecule has 0 saturated carbocycles. The van der Waals surface area contributed by atoms with E-state index in [0.717, 1.165) is 16.8 Å². The highest BCUT2D eigenvalue weighted by atomic mass is 16.4. The molecule has 0 spiro atoms.